The molecule has 26 heavy (non-hydrogen) atoms. The van der Waals surface area contributed by atoms with Gasteiger partial charge in [-0.2, -0.15) is 4.98 Å². The molecule has 0 spiro atoms. The van der Waals surface area contributed by atoms with Gasteiger partial charge in [0.2, 0.25) is 5.95 Å². The van der Waals surface area contributed by atoms with E-state index in [9.17, 15) is 0 Å². The Hall–Kier alpha value is -2.06. The third-order valence-electron chi connectivity index (χ3n) is 4.86. The minimum atomic E-state index is 0.181. The summed E-state index contributed by atoms with van der Waals surface area (Å²) >= 11 is 6.29. The van der Waals surface area contributed by atoms with Crippen molar-refractivity contribution in [2.24, 2.45) is 5.92 Å². The average molecular weight is 379 g/mol. The minimum absolute atomic E-state index is 0.181. The van der Waals surface area contributed by atoms with Crippen molar-refractivity contribution in [1.29, 1.82) is 0 Å². The standard InChI is InChI=1S/C17H23ClN6O2/c1-9(2)13-4-5-26-16-14(10(3)24(23-16)11-7-25-8-11)21-17-19-6-12(18)15(20-13)22-17/h6,9,11,13H,4-5,7-8H2,1-3H3,(H2,19,20,21,22)/t13-/m0/s1. The number of ether oxygens (including phenoxy) is 2. The van der Waals surface area contributed by atoms with Crippen molar-refractivity contribution in [3.8, 4) is 5.88 Å². The lowest BCUT2D eigenvalue weighted by atomic mass is 10.0. The van der Waals surface area contributed by atoms with Gasteiger partial charge < -0.3 is 20.1 Å². The molecule has 1 atom stereocenters. The molecule has 1 fully saturated rings. The first-order chi connectivity index (χ1) is 12.5. The van der Waals surface area contributed by atoms with Gasteiger partial charge in [-0.25, -0.2) is 4.98 Å². The second-order valence-corrected chi connectivity index (χ2v) is 7.46. The Labute approximate surface area is 157 Å². The van der Waals surface area contributed by atoms with Crippen LogP contribution in [0.25, 0.3) is 0 Å². The molecule has 2 bridgehead atoms. The predicted molar refractivity (Wildman–Crippen MR) is 99.5 cm³/mol. The number of hydrogen-bond acceptors (Lipinski definition) is 7. The lowest BCUT2D eigenvalue weighted by molar-refractivity contribution is -0.0298. The number of hydrogen-bond donors (Lipinski definition) is 2. The van der Waals surface area contributed by atoms with Gasteiger partial charge in [-0.1, -0.05) is 25.4 Å². The van der Waals surface area contributed by atoms with E-state index in [1.807, 2.05) is 11.6 Å². The molecule has 0 aromatic carbocycles. The molecule has 4 heterocycles. The van der Waals surface area contributed by atoms with Crippen LogP contribution in [0.3, 0.4) is 0 Å². The zero-order valence-electron chi connectivity index (χ0n) is 15.1. The van der Waals surface area contributed by atoms with Gasteiger partial charge in [0, 0.05) is 12.5 Å². The molecule has 0 unspecified atom stereocenters. The van der Waals surface area contributed by atoms with E-state index in [1.165, 1.54) is 0 Å². The van der Waals surface area contributed by atoms with Crippen LogP contribution in [0, 0.1) is 12.8 Å². The van der Waals surface area contributed by atoms with Crippen LogP contribution in [-0.4, -0.2) is 45.6 Å². The molecule has 8 nitrogen and oxygen atoms in total. The summed E-state index contributed by atoms with van der Waals surface area (Å²) in [6.45, 7) is 8.21. The van der Waals surface area contributed by atoms with E-state index in [4.69, 9.17) is 21.1 Å². The number of nitrogens with one attached hydrogen (secondary N) is 2. The number of nitrogens with zero attached hydrogens (tertiary/aromatic N) is 4. The number of anilines is 3. The summed E-state index contributed by atoms with van der Waals surface area (Å²) in [5.74, 6) is 2.05. The topological polar surface area (TPSA) is 86.1 Å². The van der Waals surface area contributed by atoms with Gasteiger partial charge in [0.05, 0.1) is 37.8 Å². The van der Waals surface area contributed by atoms with E-state index in [1.54, 1.807) is 6.20 Å². The molecule has 0 radical (unpaired) electrons. The van der Waals surface area contributed by atoms with Crippen LogP contribution in [0.4, 0.5) is 17.5 Å². The third kappa shape index (κ3) is 3.19. The molecule has 9 heteroatoms. The van der Waals surface area contributed by atoms with E-state index < -0.39 is 0 Å². The Bertz CT molecular complexity index is 805. The normalized spacial score (nSPS) is 20.3. The molecule has 1 saturated heterocycles. The van der Waals surface area contributed by atoms with Crippen LogP contribution < -0.4 is 15.4 Å². The summed E-state index contributed by atoms with van der Waals surface area (Å²) in [6, 6.07) is 0.424. The molecule has 0 amide bonds. The third-order valence-corrected chi connectivity index (χ3v) is 5.14. The summed E-state index contributed by atoms with van der Waals surface area (Å²) in [4.78, 5) is 8.85. The van der Waals surface area contributed by atoms with E-state index in [-0.39, 0.29) is 12.1 Å². The van der Waals surface area contributed by atoms with Gasteiger partial charge in [-0.15, -0.1) is 5.10 Å². The van der Waals surface area contributed by atoms with Crippen molar-refractivity contribution in [2.45, 2.75) is 39.3 Å². The molecule has 2 aromatic rings. The SMILES string of the molecule is Cc1c2c(nn1C1COC1)OCC[C@@H](C(C)C)Nc1nc(ncc1Cl)N2. The van der Waals surface area contributed by atoms with Crippen LogP contribution in [0.1, 0.15) is 32.0 Å². The second-order valence-electron chi connectivity index (χ2n) is 7.05. The van der Waals surface area contributed by atoms with Crippen molar-refractivity contribution >= 4 is 29.1 Å². The Kier molecular flexibility index (Phi) is 4.62. The number of aromatic nitrogens is 4. The summed E-state index contributed by atoms with van der Waals surface area (Å²) in [5, 5.41) is 11.8. The maximum atomic E-state index is 6.29. The molecule has 2 aliphatic rings. The van der Waals surface area contributed by atoms with Gasteiger partial charge >= 0.3 is 0 Å². The zero-order valence-corrected chi connectivity index (χ0v) is 15.9. The fraction of sp³-hybridized carbons (Fsp3) is 0.588. The second kappa shape index (κ2) is 6.92. The summed E-state index contributed by atoms with van der Waals surface area (Å²) in [5.41, 5.74) is 1.76. The molecule has 0 saturated carbocycles. The van der Waals surface area contributed by atoms with Crippen molar-refractivity contribution in [1.82, 2.24) is 19.7 Å². The Morgan fingerprint density at radius 1 is 1.35 bits per heavy atom. The molecule has 140 valence electrons. The van der Waals surface area contributed by atoms with Gasteiger partial charge in [0.1, 0.15) is 10.7 Å². The molecule has 2 aromatic heterocycles. The largest absolute Gasteiger partial charge is 0.475 e. The van der Waals surface area contributed by atoms with Gasteiger partial charge in [-0.05, 0) is 12.8 Å². The van der Waals surface area contributed by atoms with E-state index in [0.29, 0.717) is 48.4 Å². The summed E-state index contributed by atoms with van der Waals surface area (Å²) < 4.78 is 13.3. The van der Waals surface area contributed by atoms with E-state index >= 15 is 0 Å². The van der Waals surface area contributed by atoms with E-state index in [2.05, 4.69) is 39.5 Å². The number of rotatable bonds is 2. The highest BCUT2D eigenvalue weighted by Crippen LogP contribution is 2.34. The van der Waals surface area contributed by atoms with Crippen LogP contribution in [0.2, 0.25) is 5.02 Å². The van der Waals surface area contributed by atoms with Crippen molar-refractivity contribution in [3.63, 3.8) is 0 Å². The Morgan fingerprint density at radius 2 is 2.15 bits per heavy atom. The van der Waals surface area contributed by atoms with Crippen LogP contribution in [-0.2, 0) is 4.74 Å². The molecular formula is C17H23ClN6O2. The highest BCUT2D eigenvalue weighted by Gasteiger charge is 2.28. The van der Waals surface area contributed by atoms with Crippen LogP contribution >= 0.6 is 11.6 Å². The lowest BCUT2D eigenvalue weighted by Crippen LogP contribution is -2.32. The average Bonchev–Trinajstić information content (AvgIpc) is 2.83. The molecule has 2 N–H and O–H groups in total. The fourth-order valence-electron chi connectivity index (χ4n) is 3.13. The lowest BCUT2D eigenvalue weighted by Gasteiger charge is -2.27. The molecular weight excluding hydrogens is 356 g/mol. The van der Waals surface area contributed by atoms with E-state index in [0.717, 1.165) is 17.8 Å². The maximum absolute atomic E-state index is 6.29. The Morgan fingerprint density at radius 3 is 2.85 bits per heavy atom. The Balaban J connectivity index is 1.73. The first-order valence-corrected chi connectivity index (χ1v) is 9.26. The predicted octanol–water partition coefficient (Wildman–Crippen LogP) is 3.17. The monoisotopic (exact) mass is 378 g/mol. The van der Waals surface area contributed by atoms with Crippen molar-refractivity contribution < 1.29 is 9.47 Å². The van der Waals surface area contributed by atoms with Crippen LogP contribution in [0.5, 0.6) is 5.88 Å². The first-order valence-electron chi connectivity index (χ1n) is 8.88. The van der Waals surface area contributed by atoms with Crippen molar-refractivity contribution in [2.75, 3.05) is 30.5 Å². The fourth-order valence-corrected chi connectivity index (χ4v) is 3.27. The van der Waals surface area contributed by atoms with Gasteiger partial charge in [0.25, 0.3) is 5.88 Å². The summed E-state index contributed by atoms with van der Waals surface area (Å²) in [7, 11) is 0. The number of fused-ring (bicyclic) bond motifs is 3. The number of halogens is 1. The zero-order chi connectivity index (χ0) is 18.3. The van der Waals surface area contributed by atoms with Gasteiger partial charge in [-0.3, -0.25) is 4.68 Å². The molecule has 2 aliphatic heterocycles. The highest BCUT2D eigenvalue weighted by molar-refractivity contribution is 6.32. The summed E-state index contributed by atoms with van der Waals surface area (Å²) in [6.07, 6.45) is 2.42. The van der Waals surface area contributed by atoms with Gasteiger partial charge in [0.15, 0.2) is 5.82 Å². The molecule has 4 rings (SSSR count). The quantitative estimate of drug-likeness (QED) is 0.829. The highest BCUT2D eigenvalue weighted by atomic mass is 35.5. The first kappa shape index (κ1) is 17.4. The smallest absolute Gasteiger partial charge is 0.257 e. The maximum Gasteiger partial charge on any atom is 0.257 e. The minimum Gasteiger partial charge on any atom is -0.475 e. The van der Waals surface area contributed by atoms with Crippen molar-refractivity contribution in [3.05, 3.63) is 16.9 Å². The van der Waals surface area contributed by atoms with Crippen LogP contribution in [0.15, 0.2) is 6.20 Å². The molecule has 0 aliphatic carbocycles.